The van der Waals surface area contributed by atoms with Gasteiger partial charge < -0.3 is 14.6 Å². The van der Waals surface area contributed by atoms with Crippen LogP contribution in [0.1, 0.15) is 37.1 Å². The van der Waals surface area contributed by atoms with E-state index in [0.717, 1.165) is 37.1 Å². The normalized spacial score (nSPS) is 14.3. The molecule has 0 aromatic carbocycles. The monoisotopic (exact) mass is 388 g/mol. The maximum Gasteiger partial charge on any atom is 0.240 e. The highest BCUT2D eigenvalue weighted by atomic mass is 32.2. The minimum Gasteiger partial charge on any atom is -0.491 e. The Morgan fingerprint density at radius 3 is 2.89 bits per heavy atom. The van der Waals surface area contributed by atoms with Gasteiger partial charge >= 0.3 is 0 Å². The Morgan fingerprint density at radius 2 is 2.19 bits per heavy atom. The van der Waals surface area contributed by atoms with Gasteiger partial charge in [0, 0.05) is 35.4 Å². The molecule has 0 aliphatic heterocycles. The van der Waals surface area contributed by atoms with Crippen molar-refractivity contribution >= 4 is 17.7 Å². The van der Waals surface area contributed by atoms with Gasteiger partial charge in [0.1, 0.15) is 6.54 Å². The van der Waals surface area contributed by atoms with Crippen molar-refractivity contribution < 1.29 is 9.53 Å². The Labute approximate surface area is 162 Å². The summed E-state index contributed by atoms with van der Waals surface area (Å²) >= 11 is 1.43. The van der Waals surface area contributed by atoms with Crippen molar-refractivity contribution in [3.8, 4) is 5.75 Å². The zero-order chi connectivity index (χ0) is 19.2. The Morgan fingerprint density at radius 1 is 1.41 bits per heavy atom. The number of hydrogen-bond donors (Lipinski definition) is 1. The second-order valence-electron chi connectivity index (χ2n) is 6.64. The van der Waals surface area contributed by atoms with Crippen LogP contribution in [0.15, 0.2) is 34.5 Å². The van der Waals surface area contributed by atoms with Gasteiger partial charge in [0.25, 0.3) is 0 Å². The average Bonchev–Trinajstić information content (AvgIpc) is 3.14. The van der Waals surface area contributed by atoms with Gasteiger partial charge in [0.15, 0.2) is 10.9 Å². The molecule has 0 saturated heterocycles. The Bertz CT molecular complexity index is 862. The van der Waals surface area contributed by atoms with E-state index in [1.165, 1.54) is 24.9 Å². The summed E-state index contributed by atoms with van der Waals surface area (Å²) in [6.07, 6.45) is 7.70. The first-order chi connectivity index (χ1) is 13.0. The molecule has 0 bridgehead atoms. The van der Waals surface area contributed by atoms with Crippen LogP contribution in [0.2, 0.25) is 0 Å². The van der Waals surface area contributed by atoms with E-state index in [4.69, 9.17) is 4.74 Å². The zero-order valence-electron chi connectivity index (χ0n) is 15.6. The summed E-state index contributed by atoms with van der Waals surface area (Å²) in [6, 6.07) is 3.61. The van der Waals surface area contributed by atoms with E-state index in [2.05, 4.69) is 15.3 Å². The number of rotatable bonds is 7. The van der Waals surface area contributed by atoms with Crippen LogP contribution in [0, 0.1) is 6.92 Å². The van der Waals surface area contributed by atoms with Gasteiger partial charge in [0.05, 0.1) is 13.3 Å². The van der Waals surface area contributed by atoms with E-state index in [0.29, 0.717) is 10.9 Å². The summed E-state index contributed by atoms with van der Waals surface area (Å²) in [7, 11) is 1.45. The van der Waals surface area contributed by atoms with E-state index >= 15 is 0 Å². The first-order valence-corrected chi connectivity index (χ1v) is 10.0. The molecule has 1 saturated carbocycles. The molecule has 1 N–H and O–H groups in total. The average molecular weight is 388 g/mol. The highest BCUT2D eigenvalue weighted by Gasteiger charge is 2.18. The molecule has 1 amide bonds. The lowest BCUT2D eigenvalue weighted by Crippen LogP contribution is -2.35. The van der Waals surface area contributed by atoms with Crippen molar-refractivity contribution in [2.45, 2.75) is 56.1 Å². The fraction of sp³-hybridized carbons (Fsp3) is 0.474. The van der Waals surface area contributed by atoms with E-state index in [9.17, 15) is 9.59 Å². The molecule has 0 atom stereocenters. The Hall–Kier alpha value is -2.35. The lowest BCUT2D eigenvalue weighted by molar-refractivity contribution is -0.122. The molecule has 0 radical (unpaired) electrons. The van der Waals surface area contributed by atoms with Gasteiger partial charge in [-0.15, -0.1) is 0 Å². The van der Waals surface area contributed by atoms with Crippen molar-refractivity contribution in [2.24, 2.45) is 0 Å². The lowest BCUT2D eigenvalue weighted by atomic mass is 10.2. The van der Waals surface area contributed by atoms with E-state index in [-0.39, 0.29) is 29.7 Å². The number of aryl methyl sites for hydroxylation is 1. The van der Waals surface area contributed by atoms with Crippen molar-refractivity contribution in [1.29, 1.82) is 0 Å². The molecule has 2 aromatic rings. The van der Waals surface area contributed by atoms with Crippen molar-refractivity contribution in [2.75, 3.05) is 7.11 Å². The second kappa shape index (κ2) is 9.03. The summed E-state index contributed by atoms with van der Waals surface area (Å²) in [6.45, 7) is 2.06. The van der Waals surface area contributed by atoms with Crippen LogP contribution in [0.25, 0.3) is 0 Å². The predicted octanol–water partition coefficient (Wildman–Crippen LogP) is 2.31. The number of ether oxygens (including phenoxy) is 1. The molecule has 27 heavy (non-hydrogen) atoms. The number of thioether (sulfide) groups is 1. The Kier molecular flexibility index (Phi) is 6.49. The van der Waals surface area contributed by atoms with Crippen molar-refractivity contribution in [1.82, 2.24) is 19.9 Å². The highest BCUT2D eigenvalue weighted by molar-refractivity contribution is 7.98. The first kappa shape index (κ1) is 19.4. The van der Waals surface area contributed by atoms with E-state index in [1.54, 1.807) is 17.0 Å². The number of hydrogen-bond acceptors (Lipinski definition) is 6. The standard InChI is InChI=1S/C19H24N4O3S/c1-13-7-8-20-19(21-13)27-12-15-9-16(24)17(26-2)10-23(15)11-18(25)22-14-5-3-4-6-14/h7-10,14H,3-6,11-12H2,1-2H3,(H,22,25). The lowest BCUT2D eigenvalue weighted by Gasteiger charge is -2.16. The molecule has 2 heterocycles. The first-order valence-electron chi connectivity index (χ1n) is 9.04. The fourth-order valence-electron chi connectivity index (χ4n) is 3.15. The summed E-state index contributed by atoms with van der Waals surface area (Å²) in [4.78, 5) is 33.2. The maximum atomic E-state index is 12.4. The molecule has 144 valence electrons. The third-order valence-electron chi connectivity index (χ3n) is 4.56. The molecule has 0 spiro atoms. The van der Waals surface area contributed by atoms with Gasteiger partial charge in [-0.25, -0.2) is 9.97 Å². The number of pyridine rings is 1. The molecular weight excluding hydrogens is 364 g/mol. The van der Waals surface area contributed by atoms with Crippen LogP contribution in [-0.4, -0.2) is 33.6 Å². The largest absolute Gasteiger partial charge is 0.491 e. The van der Waals surface area contributed by atoms with Crippen LogP contribution >= 0.6 is 11.8 Å². The molecular formula is C19H24N4O3S. The SMILES string of the molecule is COc1cn(CC(=O)NC2CCCC2)c(CSc2nccc(C)n2)cc1=O. The summed E-state index contributed by atoms with van der Waals surface area (Å²) in [5.41, 5.74) is 1.42. The Balaban J connectivity index is 1.75. The zero-order valence-corrected chi connectivity index (χ0v) is 16.4. The number of nitrogens with zero attached hydrogens (tertiary/aromatic N) is 3. The van der Waals surface area contributed by atoms with Gasteiger partial charge in [0.2, 0.25) is 11.3 Å². The number of amides is 1. The third kappa shape index (κ3) is 5.32. The number of carbonyl (C=O) groups is 1. The highest BCUT2D eigenvalue weighted by Crippen LogP contribution is 2.20. The number of nitrogens with one attached hydrogen (secondary N) is 1. The number of carbonyl (C=O) groups excluding carboxylic acids is 1. The van der Waals surface area contributed by atoms with Gasteiger partial charge in [-0.3, -0.25) is 9.59 Å². The van der Waals surface area contributed by atoms with Crippen LogP contribution in [0.4, 0.5) is 0 Å². The van der Waals surface area contributed by atoms with E-state index in [1.807, 2.05) is 13.0 Å². The van der Waals surface area contributed by atoms with Crippen LogP contribution in [0.3, 0.4) is 0 Å². The molecule has 1 aliphatic rings. The molecule has 8 heteroatoms. The molecule has 2 aromatic heterocycles. The molecule has 7 nitrogen and oxygen atoms in total. The number of aromatic nitrogens is 3. The topological polar surface area (TPSA) is 86.1 Å². The molecule has 1 fully saturated rings. The number of methoxy groups -OCH3 is 1. The van der Waals surface area contributed by atoms with Gasteiger partial charge in [-0.1, -0.05) is 24.6 Å². The summed E-state index contributed by atoms with van der Waals surface area (Å²) in [5, 5.41) is 3.72. The quantitative estimate of drug-likeness (QED) is 0.579. The maximum absolute atomic E-state index is 12.4. The second-order valence-corrected chi connectivity index (χ2v) is 7.59. The smallest absolute Gasteiger partial charge is 0.240 e. The fourth-order valence-corrected chi connectivity index (χ4v) is 4.02. The summed E-state index contributed by atoms with van der Waals surface area (Å²) < 4.78 is 6.91. The molecule has 3 rings (SSSR count). The van der Waals surface area contributed by atoms with Crippen molar-refractivity contribution in [3.05, 3.63) is 46.1 Å². The van der Waals surface area contributed by atoms with Crippen molar-refractivity contribution in [3.63, 3.8) is 0 Å². The van der Waals surface area contributed by atoms with Crippen LogP contribution in [-0.2, 0) is 17.1 Å². The summed E-state index contributed by atoms with van der Waals surface area (Å²) in [5.74, 6) is 0.661. The predicted molar refractivity (Wildman–Crippen MR) is 104 cm³/mol. The minimum absolute atomic E-state index is 0.0503. The van der Waals surface area contributed by atoms with Crippen LogP contribution in [0.5, 0.6) is 5.75 Å². The molecule has 1 aliphatic carbocycles. The van der Waals surface area contributed by atoms with Gasteiger partial charge in [-0.05, 0) is 25.8 Å². The molecule has 0 unspecified atom stereocenters. The van der Waals surface area contributed by atoms with Gasteiger partial charge in [-0.2, -0.15) is 0 Å². The van der Waals surface area contributed by atoms with Crippen LogP contribution < -0.4 is 15.5 Å². The van der Waals surface area contributed by atoms with E-state index < -0.39 is 0 Å². The third-order valence-corrected chi connectivity index (χ3v) is 5.45. The minimum atomic E-state index is -0.203.